The van der Waals surface area contributed by atoms with E-state index in [4.69, 9.17) is 14.5 Å². The van der Waals surface area contributed by atoms with Crippen molar-refractivity contribution >= 4 is 5.91 Å². The van der Waals surface area contributed by atoms with Crippen LogP contribution in [-0.4, -0.2) is 40.6 Å². The molecule has 0 saturated carbocycles. The molecule has 2 N–H and O–H groups in total. The zero-order valence-corrected chi connectivity index (χ0v) is 17.5. The third-order valence-corrected chi connectivity index (χ3v) is 5.22. The number of H-pyrrole nitrogens is 1. The van der Waals surface area contributed by atoms with Gasteiger partial charge >= 0.3 is 0 Å². The highest BCUT2D eigenvalue weighted by molar-refractivity contribution is 5.82. The van der Waals surface area contributed by atoms with Gasteiger partial charge in [-0.2, -0.15) is 0 Å². The van der Waals surface area contributed by atoms with Gasteiger partial charge in [-0.15, -0.1) is 0 Å². The van der Waals surface area contributed by atoms with Gasteiger partial charge in [-0.3, -0.25) is 9.78 Å². The monoisotopic (exact) mass is 424 g/mol. The van der Waals surface area contributed by atoms with Crippen LogP contribution in [0.5, 0.6) is 0 Å². The van der Waals surface area contributed by atoms with Crippen molar-refractivity contribution in [3.63, 3.8) is 0 Å². The van der Waals surface area contributed by atoms with Gasteiger partial charge < -0.3 is 19.8 Å². The molecule has 0 aliphatic carbocycles. The number of benzene rings is 1. The van der Waals surface area contributed by atoms with E-state index in [-0.39, 0.29) is 24.9 Å². The number of carbonyl (C=O) groups is 1. The van der Waals surface area contributed by atoms with Crippen molar-refractivity contribution in [3.8, 4) is 22.5 Å². The summed E-state index contributed by atoms with van der Waals surface area (Å²) in [6.07, 6.45) is 3.51. The normalized spacial score (nSPS) is 21.1. The summed E-state index contributed by atoms with van der Waals surface area (Å²) in [7, 11) is 0. The van der Waals surface area contributed by atoms with Crippen LogP contribution in [0.15, 0.2) is 48.8 Å². The summed E-state index contributed by atoms with van der Waals surface area (Å²) in [6, 6.07) is 9.88. The van der Waals surface area contributed by atoms with Crippen LogP contribution in [-0.2, 0) is 14.3 Å². The maximum Gasteiger partial charge on any atom is 0.230 e. The number of aromatic nitrogens is 3. The zero-order chi connectivity index (χ0) is 21.8. The number of halogens is 1. The molecule has 4 rings (SSSR count). The molecule has 0 radical (unpaired) electrons. The number of ether oxygens (including phenoxy) is 2. The third-order valence-electron chi connectivity index (χ3n) is 5.22. The fourth-order valence-corrected chi connectivity index (χ4v) is 3.40. The molecule has 0 spiro atoms. The molecule has 7 nitrogen and oxygen atoms in total. The molecule has 1 aliphatic heterocycles. The van der Waals surface area contributed by atoms with Crippen LogP contribution >= 0.6 is 0 Å². The van der Waals surface area contributed by atoms with E-state index >= 15 is 0 Å². The number of hydrogen-bond donors (Lipinski definition) is 2. The number of rotatable bonds is 6. The standard InChI is InChI=1S/C23H25FN4O3/c1-3-10-26-22(29)23(2)13-30-21(31-14-23)20-27-18(15-4-6-17(24)7-5-15)19(28-20)16-8-11-25-12-9-16/h4-9,11-12,21H,3,10,13-14H2,1-2H3,(H,26,29)(H,27,28). The number of nitrogens with one attached hydrogen (secondary N) is 2. The zero-order valence-electron chi connectivity index (χ0n) is 17.5. The number of pyridine rings is 1. The van der Waals surface area contributed by atoms with Gasteiger partial charge in [0.2, 0.25) is 12.2 Å². The second-order valence-electron chi connectivity index (χ2n) is 7.86. The van der Waals surface area contributed by atoms with Gasteiger partial charge in [-0.25, -0.2) is 9.37 Å². The van der Waals surface area contributed by atoms with Gasteiger partial charge in [0.1, 0.15) is 5.82 Å². The molecule has 0 bridgehead atoms. The number of imidazole rings is 1. The average molecular weight is 424 g/mol. The Morgan fingerprint density at radius 3 is 2.48 bits per heavy atom. The molecular formula is C23H25FN4O3. The molecule has 1 saturated heterocycles. The highest BCUT2D eigenvalue weighted by atomic mass is 19.1. The van der Waals surface area contributed by atoms with Crippen LogP contribution in [0.3, 0.4) is 0 Å². The summed E-state index contributed by atoms with van der Waals surface area (Å²) in [5.41, 5.74) is 2.29. The lowest BCUT2D eigenvalue weighted by Crippen LogP contribution is -2.48. The van der Waals surface area contributed by atoms with E-state index in [1.165, 1.54) is 12.1 Å². The van der Waals surface area contributed by atoms with Gasteiger partial charge in [0.25, 0.3) is 0 Å². The Labute approximate surface area is 180 Å². The first kappa shape index (κ1) is 21.1. The van der Waals surface area contributed by atoms with Crippen molar-refractivity contribution in [2.75, 3.05) is 19.8 Å². The van der Waals surface area contributed by atoms with Crippen molar-refractivity contribution in [1.29, 1.82) is 0 Å². The smallest absolute Gasteiger partial charge is 0.230 e. The second kappa shape index (κ2) is 8.95. The van der Waals surface area contributed by atoms with E-state index in [1.54, 1.807) is 24.5 Å². The van der Waals surface area contributed by atoms with E-state index in [2.05, 4.69) is 15.3 Å². The van der Waals surface area contributed by atoms with Crippen LogP contribution < -0.4 is 5.32 Å². The summed E-state index contributed by atoms with van der Waals surface area (Å²) in [5, 5.41) is 2.90. The van der Waals surface area contributed by atoms with Gasteiger partial charge in [0.15, 0.2) is 5.82 Å². The molecule has 3 aromatic rings. The Bertz CT molecular complexity index is 1030. The first-order chi connectivity index (χ1) is 15.0. The SMILES string of the molecule is CCCNC(=O)C1(C)COC(c2nc(-c3ccc(F)cc3)c(-c3ccncc3)[nH]2)OC1. The molecule has 1 aliphatic rings. The lowest BCUT2D eigenvalue weighted by Gasteiger charge is -2.35. The molecule has 1 aromatic carbocycles. The minimum absolute atomic E-state index is 0.0864. The second-order valence-corrected chi connectivity index (χ2v) is 7.86. The molecule has 8 heteroatoms. The number of amides is 1. The van der Waals surface area contributed by atoms with Crippen LogP contribution in [0.4, 0.5) is 4.39 Å². The van der Waals surface area contributed by atoms with Crippen molar-refractivity contribution in [2.24, 2.45) is 5.41 Å². The van der Waals surface area contributed by atoms with Crippen LogP contribution in [0.1, 0.15) is 32.4 Å². The molecule has 1 amide bonds. The third kappa shape index (κ3) is 4.50. The summed E-state index contributed by atoms with van der Waals surface area (Å²) in [4.78, 5) is 24.5. The summed E-state index contributed by atoms with van der Waals surface area (Å²) >= 11 is 0. The maximum atomic E-state index is 13.4. The maximum absolute atomic E-state index is 13.4. The molecule has 3 heterocycles. The Morgan fingerprint density at radius 1 is 1.16 bits per heavy atom. The molecular weight excluding hydrogens is 399 g/mol. The first-order valence-electron chi connectivity index (χ1n) is 10.3. The quantitative estimate of drug-likeness (QED) is 0.627. The van der Waals surface area contributed by atoms with E-state index in [1.807, 2.05) is 26.0 Å². The summed E-state index contributed by atoms with van der Waals surface area (Å²) in [6.45, 7) is 4.87. The molecule has 0 atom stereocenters. The fourth-order valence-electron chi connectivity index (χ4n) is 3.40. The Balaban J connectivity index is 1.60. The Kier molecular flexibility index (Phi) is 6.11. The van der Waals surface area contributed by atoms with Crippen molar-refractivity contribution in [1.82, 2.24) is 20.3 Å². The molecule has 2 aromatic heterocycles. The predicted molar refractivity (Wildman–Crippen MR) is 113 cm³/mol. The summed E-state index contributed by atoms with van der Waals surface area (Å²) in [5.74, 6) is 0.0865. The molecule has 31 heavy (non-hydrogen) atoms. The highest BCUT2D eigenvalue weighted by Crippen LogP contribution is 2.35. The highest BCUT2D eigenvalue weighted by Gasteiger charge is 2.40. The van der Waals surface area contributed by atoms with Gasteiger partial charge in [-0.05, 0) is 49.7 Å². The van der Waals surface area contributed by atoms with E-state index in [0.717, 1.165) is 23.2 Å². The van der Waals surface area contributed by atoms with E-state index in [9.17, 15) is 9.18 Å². The Hall–Kier alpha value is -3.10. The molecule has 0 unspecified atom stereocenters. The molecule has 162 valence electrons. The van der Waals surface area contributed by atoms with E-state index < -0.39 is 11.7 Å². The lowest BCUT2D eigenvalue weighted by molar-refractivity contribution is -0.231. The number of carbonyl (C=O) groups excluding carboxylic acids is 1. The van der Waals surface area contributed by atoms with Crippen LogP contribution in [0.2, 0.25) is 0 Å². The largest absolute Gasteiger partial charge is 0.355 e. The van der Waals surface area contributed by atoms with E-state index in [0.29, 0.717) is 18.1 Å². The van der Waals surface area contributed by atoms with Gasteiger partial charge in [-0.1, -0.05) is 6.92 Å². The fraction of sp³-hybridized carbons (Fsp3) is 0.348. The average Bonchev–Trinajstić information content (AvgIpc) is 3.24. The summed E-state index contributed by atoms with van der Waals surface area (Å²) < 4.78 is 25.2. The minimum atomic E-state index is -0.758. The van der Waals surface area contributed by atoms with Crippen molar-refractivity contribution < 1.29 is 18.7 Å². The predicted octanol–water partition coefficient (Wildman–Crippen LogP) is 3.86. The van der Waals surface area contributed by atoms with Gasteiger partial charge in [0.05, 0.1) is 30.0 Å². The number of nitrogens with zero attached hydrogens (tertiary/aromatic N) is 2. The van der Waals surface area contributed by atoms with Gasteiger partial charge in [0, 0.05) is 30.1 Å². The number of hydrogen-bond acceptors (Lipinski definition) is 5. The topological polar surface area (TPSA) is 89.1 Å². The minimum Gasteiger partial charge on any atom is -0.355 e. The lowest BCUT2D eigenvalue weighted by atomic mass is 9.91. The Morgan fingerprint density at radius 2 is 1.84 bits per heavy atom. The van der Waals surface area contributed by atoms with Crippen molar-refractivity contribution in [2.45, 2.75) is 26.6 Å². The van der Waals surface area contributed by atoms with Crippen LogP contribution in [0.25, 0.3) is 22.5 Å². The van der Waals surface area contributed by atoms with Crippen molar-refractivity contribution in [3.05, 3.63) is 60.4 Å². The number of aromatic amines is 1. The van der Waals surface area contributed by atoms with Crippen LogP contribution in [0, 0.1) is 11.2 Å². The first-order valence-corrected chi connectivity index (χ1v) is 10.3. The molecule has 1 fully saturated rings.